The molecule has 2 aromatic carbocycles. The molecular weight excluding hydrogens is 582 g/mol. The van der Waals surface area contributed by atoms with Gasteiger partial charge in [0.1, 0.15) is 24.1 Å². The number of hydrogen-bond donors (Lipinski definition) is 2. The van der Waals surface area contributed by atoms with Crippen LogP contribution in [-0.4, -0.2) is 72.1 Å². The molecule has 5 rings (SSSR count). The Balaban J connectivity index is 1.33. The van der Waals surface area contributed by atoms with Crippen molar-refractivity contribution in [1.29, 1.82) is 0 Å². The van der Waals surface area contributed by atoms with Crippen molar-refractivity contribution in [2.75, 3.05) is 25.5 Å². The van der Waals surface area contributed by atoms with Gasteiger partial charge in [-0.1, -0.05) is 83.1 Å². The second-order valence-electron chi connectivity index (χ2n) is 14.7. The molecule has 1 saturated carbocycles. The number of likely N-dealkylation sites (N-methyl/N-ethyl adjacent to an activating group) is 1. The van der Waals surface area contributed by atoms with Gasteiger partial charge in [0.2, 0.25) is 11.8 Å². The summed E-state index contributed by atoms with van der Waals surface area (Å²) >= 11 is 0. The van der Waals surface area contributed by atoms with Crippen LogP contribution in [0.5, 0.6) is 0 Å². The summed E-state index contributed by atoms with van der Waals surface area (Å²) in [5, 5.41) is 5.70. The quantitative estimate of drug-likeness (QED) is 0.376. The Morgan fingerprint density at radius 1 is 1.11 bits per heavy atom. The normalized spacial score (nSPS) is 22.4. The van der Waals surface area contributed by atoms with Crippen molar-refractivity contribution in [2.24, 2.45) is 11.3 Å². The zero-order valence-corrected chi connectivity index (χ0v) is 27.6. The van der Waals surface area contributed by atoms with E-state index in [0.29, 0.717) is 12.1 Å². The van der Waals surface area contributed by atoms with Crippen molar-refractivity contribution in [3.8, 4) is 0 Å². The highest BCUT2D eigenvalue weighted by Gasteiger charge is 2.59. The van der Waals surface area contributed by atoms with E-state index in [9.17, 15) is 19.2 Å². The fraction of sp³-hybridized carbons (Fsp3) is 0.528. The minimum Gasteiger partial charge on any atom is -0.449 e. The zero-order chi connectivity index (χ0) is 33.4. The van der Waals surface area contributed by atoms with E-state index in [1.807, 2.05) is 89.2 Å². The fourth-order valence-electron chi connectivity index (χ4n) is 6.84. The van der Waals surface area contributed by atoms with Gasteiger partial charge in [-0.15, -0.1) is 0 Å². The SMILES string of the molecule is [C-]#[N+][C@@H]1C[C@@]2(CN1C(=O)[C@H](CC(C)(C)C)N(C)C(=O)[C@@H](NC(=O)OCC1(c3ccccc3)CC1)C(C)C)C(=O)Nc1ccccc12. The molecule has 0 bridgehead atoms. The lowest BCUT2D eigenvalue weighted by atomic mass is 9.80. The number of likely N-dealkylation sites (tertiary alicyclic amines) is 1. The highest BCUT2D eigenvalue weighted by molar-refractivity contribution is 6.07. The number of carbonyl (C=O) groups excluding carboxylic acids is 4. The number of anilines is 1. The molecule has 0 radical (unpaired) electrons. The maximum atomic E-state index is 14.4. The van der Waals surface area contributed by atoms with E-state index in [1.165, 1.54) is 9.80 Å². The standard InChI is InChI=1S/C36H45N5O5/c1-23(2)29(39-33(45)46-22-35(17-18-35)24-13-9-8-10-14-24)31(43)40(7)27(19-34(3,4)5)30(42)41-21-36(20-28(41)37-6)25-15-11-12-16-26(25)38-32(36)44/h8-16,23,27-29H,17-22H2,1-5,7H3,(H,38,44)(H,39,45)/t27-,28-,29-,36-/m0/s1. The summed E-state index contributed by atoms with van der Waals surface area (Å²) in [6, 6.07) is 15.5. The average Bonchev–Trinajstić information content (AvgIpc) is 3.64. The Hall–Kier alpha value is -4.39. The summed E-state index contributed by atoms with van der Waals surface area (Å²) in [7, 11) is 1.57. The lowest BCUT2D eigenvalue weighted by Gasteiger charge is -2.37. The molecule has 2 aliphatic heterocycles. The zero-order valence-electron chi connectivity index (χ0n) is 27.6. The maximum Gasteiger partial charge on any atom is 0.407 e. The minimum absolute atomic E-state index is 0.0474. The van der Waals surface area contributed by atoms with E-state index in [0.717, 1.165) is 24.0 Å². The third-order valence-electron chi connectivity index (χ3n) is 9.72. The summed E-state index contributed by atoms with van der Waals surface area (Å²) in [5.41, 5.74) is 1.03. The number of para-hydroxylation sites is 1. The summed E-state index contributed by atoms with van der Waals surface area (Å²) < 4.78 is 5.66. The van der Waals surface area contributed by atoms with Crippen molar-refractivity contribution in [2.45, 2.75) is 89.4 Å². The average molecular weight is 628 g/mol. The topological polar surface area (TPSA) is 112 Å². The summed E-state index contributed by atoms with van der Waals surface area (Å²) in [6.07, 6.45) is 0.808. The Labute approximate surface area is 271 Å². The highest BCUT2D eigenvalue weighted by Crippen LogP contribution is 2.49. The molecule has 2 heterocycles. The predicted octanol–water partition coefficient (Wildman–Crippen LogP) is 5.10. The molecule has 2 fully saturated rings. The molecule has 244 valence electrons. The summed E-state index contributed by atoms with van der Waals surface area (Å²) in [6.45, 7) is 17.8. The van der Waals surface area contributed by atoms with Crippen LogP contribution in [0, 0.1) is 17.9 Å². The van der Waals surface area contributed by atoms with Crippen LogP contribution in [0.25, 0.3) is 4.85 Å². The summed E-state index contributed by atoms with van der Waals surface area (Å²) in [5.74, 6) is -1.32. The van der Waals surface area contributed by atoms with Crippen LogP contribution in [0.2, 0.25) is 0 Å². The van der Waals surface area contributed by atoms with Crippen LogP contribution < -0.4 is 10.6 Å². The van der Waals surface area contributed by atoms with Gasteiger partial charge in [-0.05, 0) is 47.8 Å². The Morgan fingerprint density at radius 2 is 1.76 bits per heavy atom. The van der Waals surface area contributed by atoms with Gasteiger partial charge in [0.15, 0.2) is 0 Å². The Bertz CT molecular complexity index is 1540. The lowest BCUT2D eigenvalue weighted by Crippen LogP contribution is -2.57. The number of ether oxygens (including phenoxy) is 1. The molecule has 4 atom stereocenters. The second-order valence-corrected chi connectivity index (χ2v) is 14.7. The van der Waals surface area contributed by atoms with Crippen molar-refractivity contribution in [1.82, 2.24) is 15.1 Å². The molecule has 1 spiro atoms. The van der Waals surface area contributed by atoms with E-state index in [-0.39, 0.29) is 48.1 Å². The van der Waals surface area contributed by atoms with E-state index in [4.69, 9.17) is 11.3 Å². The molecule has 1 aliphatic carbocycles. The van der Waals surface area contributed by atoms with E-state index in [2.05, 4.69) is 15.5 Å². The molecule has 1 saturated heterocycles. The van der Waals surface area contributed by atoms with Gasteiger partial charge in [0.05, 0.1) is 6.42 Å². The second kappa shape index (κ2) is 12.4. The van der Waals surface area contributed by atoms with Crippen molar-refractivity contribution >= 4 is 29.5 Å². The molecule has 10 nitrogen and oxygen atoms in total. The van der Waals surface area contributed by atoms with Gasteiger partial charge in [-0.2, -0.15) is 0 Å². The predicted molar refractivity (Wildman–Crippen MR) is 175 cm³/mol. The third kappa shape index (κ3) is 6.33. The van der Waals surface area contributed by atoms with Gasteiger partial charge in [0, 0.05) is 24.7 Å². The number of nitrogens with one attached hydrogen (secondary N) is 2. The van der Waals surface area contributed by atoms with Crippen LogP contribution in [0.4, 0.5) is 10.5 Å². The molecule has 3 aliphatic rings. The number of amides is 4. The van der Waals surface area contributed by atoms with Crippen LogP contribution in [0.15, 0.2) is 54.6 Å². The maximum absolute atomic E-state index is 14.4. The molecule has 0 aromatic heterocycles. The number of alkyl carbamates (subject to hydrolysis) is 1. The number of nitrogens with zero attached hydrogens (tertiary/aromatic N) is 3. The molecule has 4 amide bonds. The van der Waals surface area contributed by atoms with Crippen LogP contribution in [0.1, 0.15) is 71.4 Å². The fourth-order valence-corrected chi connectivity index (χ4v) is 6.84. The summed E-state index contributed by atoms with van der Waals surface area (Å²) in [4.78, 5) is 61.5. The van der Waals surface area contributed by atoms with E-state index < -0.39 is 35.7 Å². The van der Waals surface area contributed by atoms with Gasteiger partial charge in [0.25, 0.3) is 5.91 Å². The molecule has 46 heavy (non-hydrogen) atoms. The number of benzene rings is 2. The molecule has 2 N–H and O–H groups in total. The first kappa shape index (κ1) is 33.0. The molecular formula is C36H45N5O5. The Morgan fingerprint density at radius 3 is 2.37 bits per heavy atom. The number of fused-ring (bicyclic) bond motifs is 2. The minimum atomic E-state index is -1.03. The number of carbonyl (C=O) groups is 4. The van der Waals surface area contributed by atoms with Gasteiger partial charge >= 0.3 is 12.3 Å². The van der Waals surface area contributed by atoms with Gasteiger partial charge in [-0.3, -0.25) is 24.1 Å². The largest absolute Gasteiger partial charge is 0.449 e. The first-order valence-corrected chi connectivity index (χ1v) is 16.0. The van der Waals surface area contributed by atoms with Crippen LogP contribution in [-0.2, 0) is 30.0 Å². The van der Waals surface area contributed by atoms with E-state index in [1.54, 1.807) is 7.05 Å². The first-order valence-electron chi connectivity index (χ1n) is 16.0. The highest BCUT2D eigenvalue weighted by atomic mass is 16.5. The van der Waals surface area contributed by atoms with Crippen LogP contribution in [0.3, 0.4) is 0 Å². The molecule has 0 unspecified atom stereocenters. The number of rotatable bonds is 9. The first-order chi connectivity index (χ1) is 21.7. The third-order valence-corrected chi connectivity index (χ3v) is 9.72. The van der Waals surface area contributed by atoms with Gasteiger partial charge < -0.3 is 20.3 Å². The monoisotopic (exact) mass is 627 g/mol. The van der Waals surface area contributed by atoms with Crippen LogP contribution >= 0.6 is 0 Å². The van der Waals surface area contributed by atoms with Crippen molar-refractivity contribution < 1.29 is 23.9 Å². The Kier molecular flexibility index (Phi) is 8.91. The van der Waals surface area contributed by atoms with Crippen molar-refractivity contribution in [3.63, 3.8) is 0 Å². The van der Waals surface area contributed by atoms with Gasteiger partial charge in [-0.25, -0.2) is 11.4 Å². The van der Waals surface area contributed by atoms with E-state index >= 15 is 0 Å². The smallest absolute Gasteiger partial charge is 0.407 e. The van der Waals surface area contributed by atoms with Crippen molar-refractivity contribution in [3.05, 3.63) is 77.1 Å². The lowest BCUT2D eigenvalue weighted by molar-refractivity contribution is -0.147. The molecule has 10 heteroatoms. The molecule has 2 aromatic rings. The number of hydrogen-bond acceptors (Lipinski definition) is 5.